The molecule has 1 aromatic heterocycles. The second-order valence-electron chi connectivity index (χ2n) is 3.00. The summed E-state index contributed by atoms with van der Waals surface area (Å²) in [7, 11) is 0. The maximum absolute atomic E-state index is 11.9. The first-order valence-corrected chi connectivity index (χ1v) is 5.74. The molecule has 100 valence electrons. The highest BCUT2D eigenvalue weighted by Crippen LogP contribution is 2.31. The number of hydrogen-bond donors (Lipinski definition) is 1. The Labute approximate surface area is 108 Å². The Bertz CT molecular complexity index is 447. The van der Waals surface area contributed by atoms with Crippen LogP contribution in [-0.4, -0.2) is 26.8 Å². The van der Waals surface area contributed by atoms with Crippen molar-refractivity contribution in [1.29, 1.82) is 0 Å². The number of halogens is 4. The first-order chi connectivity index (χ1) is 8.20. The molecule has 11 heteroatoms. The van der Waals surface area contributed by atoms with Gasteiger partial charge in [0.15, 0.2) is 5.16 Å². The van der Waals surface area contributed by atoms with Gasteiger partial charge in [-0.25, -0.2) is 4.98 Å². The summed E-state index contributed by atoms with van der Waals surface area (Å²) in [6.45, 7) is 0. The zero-order chi connectivity index (χ0) is 13.9. The van der Waals surface area contributed by atoms with Crippen molar-refractivity contribution in [2.24, 2.45) is 0 Å². The Hall–Kier alpha value is -1.29. The van der Waals surface area contributed by atoms with Crippen LogP contribution >= 0.6 is 23.4 Å². The zero-order valence-corrected chi connectivity index (χ0v) is 10.1. The Morgan fingerprint density at radius 2 is 2.06 bits per heavy atom. The standard InChI is InChI=1S/C7H6ClF3N4O2S/c8-4-3(15(16)17)5(12)14-6(13-4)18-2-1-7(9,10)11/h1-2H2,(H2,12,13,14). The Balaban J connectivity index is 2.78. The molecule has 0 saturated heterocycles. The summed E-state index contributed by atoms with van der Waals surface area (Å²) in [4.78, 5) is 16.7. The van der Waals surface area contributed by atoms with Crippen LogP contribution in [0.2, 0.25) is 5.15 Å². The van der Waals surface area contributed by atoms with Crippen LogP contribution in [0.3, 0.4) is 0 Å². The van der Waals surface area contributed by atoms with Gasteiger partial charge in [-0.3, -0.25) is 10.1 Å². The molecule has 0 bridgehead atoms. The number of alkyl halides is 3. The van der Waals surface area contributed by atoms with Crippen LogP contribution < -0.4 is 5.73 Å². The molecule has 0 atom stereocenters. The van der Waals surface area contributed by atoms with E-state index >= 15 is 0 Å². The highest BCUT2D eigenvalue weighted by atomic mass is 35.5. The van der Waals surface area contributed by atoms with Gasteiger partial charge in [-0.2, -0.15) is 18.2 Å². The minimum atomic E-state index is -4.29. The Kier molecular flexibility index (Phi) is 4.57. The average Bonchev–Trinajstić information content (AvgIpc) is 2.13. The summed E-state index contributed by atoms with van der Waals surface area (Å²) < 4.78 is 35.7. The third-order valence-electron chi connectivity index (χ3n) is 1.65. The molecule has 2 N–H and O–H groups in total. The van der Waals surface area contributed by atoms with Crippen molar-refractivity contribution in [3.63, 3.8) is 0 Å². The number of nitro groups is 1. The van der Waals surface area contributed by atoms with Crippen molar-refractivity contribution < 1.29 is 18.1 Å². The quantitative estimate of drug-likeness (QED) is 0.302. The van der Waals surface area contributed by atoms with Gasteiger partial charge in [-0.15, -0.1) is 0 Å². The molecule has 0 radical (unpaired) electrons. The van der Waals surface area contributed by atoms with Crippen molar-refractivity contribution in [2.45, 2.75) is 17.8 Å². The van der Waals surface area contributed by atoms with Gasteiger partial charge < -0.3 is 5.73 Å². The second-order valence-corrected chi connectivity index (χ2v) is 4.42. The summed E-state index contributed by atoms with van der Waals surface area (Å²) in [5.41, 5.74) is 4.61. The van der Waals surface area contributed by atoms with Gasteiger partial charge in [0, 0.05) is 5.75 Å². The summed E-state index contributed by atoms with van der Waals surface area (Å²) >= 11 is 6.16. The number of rotatable bonds is 4. The van der Waals surface area contributed by atoms with Gasteiger partial charge in [-0.1, -0.05) is 23.4 Å². The maximum Gasteiger partial charge on any atom is 0.389 e. The largest absolute Gasteiger partial charge is 0.389 e. The van der Waals surface area contributed by atoms with Crippen LogP contribution in [0.15, 0.2) is 5.16 Å². The van der Waals surface area contributed by atoms with Crippen molar-refractivity contribution in [1.82, 2.24) is 9.97 Å². The Morgan fingerprint density at radius 1 is 1.44 bits per heavy atom. The van der Waals surface area contributed by atoms with Crippen LogP contribution in [-0.2, 0) is 0 Å². The minimum absolute atomic E-state index is 0.132. The molecule has 1 heterocycles. The van der Waals surface area contributed by atoms with E-state index in [4.69, 9.17) is 17.3 Å². The predicted octanol–water partition coefficient (Wildman–Crippen LogP) is 2.66. The maximum atomic E-state index is 11.9. The molecule has 0 spiro atoms. The fourth-order valence-electron chi connectivity index (χ4n) is 0.915. The van der Waals surface area contributed by atoms with Crippen LogP contribution in [0.4, 0.5) is 24.7 Å². The Morgan fingerprint density at radius 3 is 2.50 bits per heavy atom. The lowest BCUT2D eigenvalue weighted by Gasteiger charge is -2.05. The molecule has 0 aliphatic rings. The number of aromatic nitrogens is 2. The third-order valence-corrected chi connectivity index (χ3v) is 2.76. The molecular weight excluding hydrogens is 297 g/mol. The van der Waals surface area contributed by atoms with Crippen molar-refractivity contribution in [3.05, 3.63) is 15.3 Å². The molecule has 1 aromatic rings. The van der Waals surface area contributed by atoms with Crippen LogP contribution in [0.25, 0.3) is 0 Å². The van der Waals surface area contributed by atoms with E-state index in [9.17, 15) is 23.3 Å². The molecular formula is C7H6ClF3N4O2S. The van der Waals surface area contributed by atoms with Gasteiger partial charge in [0.05, 0.1) is 11.3 Å². The van der Waals surface area contributed by atoms with E-state index in [1.54, 1.807) is 0 Å². The summed E-state index contributed by atoms with van der Waals surface area (Å²) in [5, 5.41) is 9.87. The summed E-state index contributed by atoms with van der Waals surface area (Å²) in [6.07, 6.45) is -5.32. The smallest absolute Gasteiger partial charge is 0.378 e. The molecule has 0 aliphatic heterocycles. The molecule has 0 unspecified atom stereocenters. The highest BCUT2D eigenvalue weighted by Gasteiger charge is 2.27. The van der Waals surface area contributed by atoms with E-state index in [0.717, 1.165) is 0 Å². The molecule has 6 nitrogen and oxygen atoms in total. The first-order valence-electron chi connectivity index (χ1n) is 4.37. The molecule has 0 aromatic carbocycles. The van der Waals surface area contributed by atoms with E-state index in [1.165, 1.54) is 0 Å². The van der Waals surface area contributed by atoms with Gasteiger partial charge in [0.2, 0.25) is 11.0 Å². The molecule has 1 rings (SSSR count). The van der Waals surface area contributed by atoms with E-state index in [1.807, 2.05) is 0 Å². The van der Waals surface area contributed by atoms with Crippen LogP contribution in [0.1, 0.15) is 6.42 Å². The number of hydrogen-bond acceptors (Lipinski definition) is 6. The molecule has 0 amide bonds. The number of thioether (sulfide) groups is 1. The monoisotopic (exact) mass is 302 g/mol. The van der Waals surface area contributed by atoms with Crippen molar-refractivity contribution >= 4 is 34.9 Å². The zero-order valence-electron chi connectivity index (χ0n) is 8.57. The summed E-state index contributed by atoms with van der Waals surface area (Å²) in [5.74, 6) is -0.800. The van der Waals surface area contributed by atoms with Gasteiger partial charge >= 0.3 is 11.9 Å². The molecule has 0 fully saturated rings. The number of nitrogens with zero attached hydrogens (tertiary/aromatic N) is 3. The van der Waals surface area contributed by atoms with Crippen LogP contribution in [0.5, 0.6) is 0 Å². The average molecular weight is 303 g/mol. The second kappa shape index (κ2) is 5.57. The minimum Gasteiger partial charge on any atom is -0.378 e. The van der Waals surface area contributed by atoms with Gasteiger partial charge in [-0.05, 0) is 0 Å². The third kappa shape index (κ3) is 4.18. The van der Waals surface area contributed by atoms with E-state index < -0.39 is 34.2 Å². The van der Waals surface area contributed by atoms with Gasteiger partial charge in [0.1, 0.15) is 0 Å². The van der Waals surface area contributed by atoms with Crippen LogP contribution in [0, 0.1) is 10.1 Å². The van der Waals surface area contributed by atoms with E-state index in [-0.39, 0.29) is 10.9 Å². The van der Waals surface area contributed by atoms with Crippen molar-refractivity contribution in [2.75, 3.05) is 11.5 Å². The molecule has 18 heavy (non-hydrogen) atoms. The topological polar surface area (TPSA) is 94.9 Å². The SMILES string of the molecule is Nc1nc(SCCC(F)(F)F)nc(Cl)c1[N+](=O)[O-]. The molecule has 0 saturated carbocycles. The van der Waals surface area contributed by atoms with E-state index in [0.29, 0.717) is 11.8 Å². The number of nitrogens with two attached hydrogens (primary N) is 1. The lowest BCUT2D eigenvalue weighted by molar-refractivity contribution is -0.384. The number of anilines is 1. The lowest BCUT2D eigenvalue weighted by Crippen LogP contribution is -2.08. The normalized spacial score (nSPS) is 11.6. The molecule has 0 aliphatic carbocycles. The first kappa shape index (κ1) is 14.8. The summed E-state index contributed by atoms with van der Waals surface area (Å²) in [6, 6.07) is 0. The predicted molar refractivity (Wildman–Crippen MR) is 59.5 cm³/mol. The van der Waals surface area contributed by atoms with Gasteiger partial charge in [0.25, 0.3) is 0 Å². The fourth-order valence-corrected chi connectivity index (χ4v) is 2.05. The fraction of sp³-hybridized carbons (Fsp3) is 0.429. The number of nitrogen functional groups attached to an aromatic ring is 1. The van der Waals surface area contributed by atoms with Crippen molar-refractivity contribution in [3.8, 4) is 0 Å². The highest BCUT2D eigenvalue weighted by molar-refractivity contribution is 7.99. The lowest BCUT2D eigenvalue weighted by atomic mass is 10.5. The van der Waals surface area contributed by atoms with E-state index in [2.05, 4.69) is 9.97 Å².